The van der Waals surface area contributed by atoms with Crippen molar-refractivity contribution in [1.82, 2.24) is 14.3 Å². The van der Waals surface area contributed by atoms with Crippen LogP contribution in [0.3, 0.4) is 0 Å². The molecule has 2 rings (SSSR count). The highest BCUT2D eigenvalue weighted by atomic mass is 32.2. The zero-order valence-electron chi connectivity index (χ0n) is 9.92. The second kappa shape index (κ2) is 4.08. The average Bonchev–Trinajstić information content (AvgIpc) is 3.00. The Morgan fingerprint density at radius 3 is 2.76 bits per heavy atom. The molecule has 0 spiro atoms. The SMILES string of the molecule is Cn1cnc(S(=O)(=O)NCC(C)(O)C2CC2)c1. The fourth-order valence-electron chi connectivity index (χ4n) is 1.69. The van der Waals surface area contributed by atoms with Gasteiger partial charge in [0.15, 0.2) is 5.03 Å². The van der Waals surface area contributed by atoms with Crippen molar-refractivity contribution in [3.05, 3.63) is 12.5 Å². The molecule has 0 saturated heterocycles. The van der Waals surface area contributed by atoms with Crippen molar-refractivity contribution in [2.45, 2.75) is 30.4 Å². The first-order valence-electron chi connectivity index (χ1n) is 5.51. The Hall–Kier alpha value is -0.920. The van der Waals surface area contributed by atoms with Gasteiger partial charge in [0.05, 0.1) is 11.9 Å². The van der Waals surface area contributed by atoms with Crippen molar-refractivity contribution in [2.24, 2.45) is 13.0 Å². The molecule has 0 aliphatic heterocycles. The first kappa shape index (κ1) is 12.5. The van der Waals surface area contributed by atoms with Crippen LogP contribution in [-0.2, 0) is 17.1 Å². The Kier molecular flexibility index (Phi) is 3.01. The fourth-order valence-corrected chi connectivity index (χ4v) is 2.81. The monoisotopic (exact) mass is 259 g/mol. The van der Waals surface area contributed by atoms with Gasteiger partial charge >= 0.3 is 0 Å². The number of aliphatic hydroxyl groups is 1. The van der Waals surface area contributed by atoms with Crippen LogP contribution >= 0.6 is 0 Å². The minimum atomic E-state index is -3.62. The van der Waals surface area contributed by atoms with Gasteiger partial charge in [-0.25, -0.2) is 18.1 Å². The maximum Gasteiger partial charge on any atom is 0.259 e. The predicted molar refractivity (Wildman–Crippen MR) is 61.7 cm³/mol. The lowest BCUT2D eigenvalue weighted by Gasteiger charge is -2.22. The topological polar surface area (TPSA) is 84.2 Å². The van der Waals surface area contributed by atoms with E-state index >= 15 is 0 Å². The van der Waals surface area contributed by atoms with Crippen molar-refractivity contribution in [1.29, 1.82) is 0 Å². The summed E-state index contributed by atoms with van der Waals surface area (Å²) in [7, 11) is -1.92. The molecule has 1 fully saturated rings. The third-order valence-electron chi connectivity index (χ3n) is 3.03. The van der Waals surface area contributed by atoms with E-state index in [0.29, 0.717) is 0 Å². The van der Waals surface area contributed by atoms with Crippen LogP contribution in [0.1, 0.15) is 19.8 Å². The number of aryl methyl sites for hydroxylation is 1. The molecule has 0 amide bonds. The van der Waals surface area contributed by atoms with Gasteiger partial charge in [-0.2, -0.15) is 0 Å². The predicted octanol–water partition coefficient (Wildman–Crippen LogP) is -0.141. The summed E-state index contributed by atoms with van der Waals surface area (Å²) >= 11 is 0. The zero-order valence-corrected chi connectivity index (χ0v) is 10.7. The van der Waals surface area contributed by atoms with E-state index in [2.05, 4.69) is 9.71 Å². The van der Waals surface area contributed by atoms with Crippen LogP contribution in [-0.4, -0.2) is 35.2 Å². The Balaban J connectivity index is 2.03. The zero-order chi connectivity index (χ0) is 12.7. The Bertz CT molecular complexity index is 503. The van der Waals surface area contributed by atoms with Gasteiger partial charge in [-0.15, -0.1) is 0 Å². The maximum absolute atomic E-state index is 11.8. The van der Waals surface area contributed by atoms with Gasteiger partial charge in [0.2, 0.25) is 0 Å². The average molecular weight is 259 g/mol. The lowest BCUT2D eigenvalue weighted by atomic mass is 10.0. The summed E-state index contributed by atoms with van der Waals surface area (Å²) in [5, 5.41) is 10.00. The van der Waals surface area contributed by atoms with E-state index in [0.717, 1.165) is 12.8 Å². The lowest BCUT2D eigenvalue weighted by molar-refractivity contribution is 0.0422. The highest BCUT2D eigenvalue weighted by Gasteiger charge is 2.40. The van der Waals surface area contributed by atoms with Gasteiger partial charge in [0.1, 0.15) is 0 Å². The van der Waals surface area contributed by atoms with Gasteiger partial charge in [-0.05, 0) is 25.7 Å². The van der Waals surface area contributed by atoms with Crippen LogP contribution < -0.4 is 4.72 Å². The maximum atomic E-state index is 11.8. The van der Waals surface area contributed by atoms with Crippen LogP contribution in [0.25, 0.3) is 0 Å². The van der Waals surface area contributed by atoms with E-state index in [1.165, 1.54) is 12.5 Å². The fraction of sp³-hybridized carbons (Fsp3) is 0.700. The van der Waals surface area contributed by atoms with Crippen molar-refractivity contribution in [3.63, 3.8) is 0 Å². The summed E-state index contributed by atoms with van der Waals surface area (Å²) in [6.07, 6.45) is 4.76. The van der Waals surface area contributed by atoms with Crippen LogP contribution in [0.5, 0.6) is 0 Å². The molecule has 6 nitrogen and oxygen atoms in total. The molecule has 1 aromatic rings. The van der Waals surface area contributed by atoms with Gasteiger partial charge in [-0.3, -0.25) is 0 Å². The van der Waals surface area contributed by atoms with E-state index < -0.39 is 15.6 Å². The summed E-state index contributed by atoms with van der Waals surface area (Å²) in [5.41, 5.74) is -0.970. The van der Waals surface area contributed by atoms with Crippen molar-refractivity contribution >= 4 is 10.0 Å². The third-order valence-corrected chi connectivity index (χ3v) is 4.32. The summed E-state index contributed by atoms with van der Waals surface area (Å²) < 4.78 is 27.6. The molecular weight excluding hydrogens is 242 g/mol. The molecule has 1 aromatic heterocycles. The molecule has 0 aromatic carbocycles. The highest BCUT2D eigenvalue weighted by molar-refractivity contribution is 7.89. The number of hydrogen-bond donors (Lipinski definition) is 2. The van der Waals surface area contributed by atoms with Crippen LogP contribution in [0.4, 0.5) is 0 Å². The Morgan fingerprint density at radius 2 is 2.29 bits per heavy atom. The minimum Gasteiger partial charge on any atom is -0.389 e. The van der Waals surface area contributed by atoms with Crippen LogP contribution in [0.2, 0.25) is 0 Å². The number of imidazole rings is 1. The summed E-state index contributed by atoms with van der Waals surface area (Å²) in [6.45, 7) is 1.68. The van der Waals surface area contributed by atoms with E-state index in [9.17, 15) is 13.5 Å². The number of nitrogens with one attached hydrogen (secondary N) is 1. The summed E-state index contributed by atoms with van der Waals surface area (Å²) in [4.78, 5) is 3.78. The highest BCUT2D eigenvalue weighted by Crippen LogP contribution is 2.39. The molecule has 2 N–H and O–H groups in total. The first-order valence-corrected chi connectivity index (χ1v) is 6.99. The number of aromatic nitrogens is 2. The largest absolute Gasteiger partial charge is 0.389 e. The quantitative estimate of drug-likeness (QED) is 0.771. The van der Waals surface area contributed by atoms with E-state index in [1.807, 2.05) is 0 Å². The molecule has 1 heterocycles. The summed E-state index contributed by atoms with van der Waals surface area (Å²) in [6, 6.07) is 0. The molecule has 0 bridgehead atoms. The van der Waals surface area contributed by atoms with Gasteiger partial charge in [0.25, 0.3) is 10.0 Å². The third kappa shape index (κ3) is 2.85. The van der Waals surface area contributed by atoms with Crippen molar-refractivity contribution in [3.8, 4) is 0 Å². The number of sulfonamides is 1. The van der Waals surface area contributed by atoms with Gasteiger partial charge in [0, 0.05) is 19.8 Å². The molecular formula is C10H17N3O3S. The number of rotatable bonds is 5. The van der Waals surface area contributed by atoms with Gasteiger partial charge < -0.3 is 9.67 Å². The minimum absolute atomic E-state index is 0.0217. The normalized spacial score (nSPS) is 20.2. The molecule has 1 aliphatic carbocycles. The van der Waals surface area contributed by atoms with Crippen LogP contribution in [0, 0.1) is 5.92 Å². The molecule has 1 unspecified atom stereocenters. The lowest BCUT2D eigenvalue weighted by Crippen LogP contribution is -2.42. The van der Waals surface area contributed by atoms with E-state index in [4.69, 9.17) is 0 Å². The molecule has 17 heavy (non-hydrogen) atoms. The molecule has 1 atom stereocenters. The molecule has 96 valence electrons. The molecule has 1 saturated carbocycles. The summed E-state index contributed by atoms with van der Waals surface area (Å²) in [5.74, 6) is 0.203. The second-order valence-electron chi connectivity index (χ2n) is 4.83. The Labute approximate surface area is 101 Å². The standard InChI is InChI=1S/C10H17N3O3S/c1-10(14,8-3-4-8)6-12-17(15,16)9-5-13(2)7-11-9/h5,7-8,12,14H,3-4,6H2,1-2H3. The smallest absolute Gasteiger partial charge is 0.259 e. The number of nitrogens with zero attached hydrogens (tertiary/aromatic N) is 2. The second-order valence-corrected chi connectivity index (χ2v) is 6.55. The van der Waals surface area contributed by atoms with E-state index in [1.54, 1.807) is 18.5 Å². The Morgan fingerprint density at radius 1 is 1.65 bits per heavy atom. The first-order chi connectivity index (χ1) is 7.81. The molecule has 1 aliphatic rings. The van der Waals surface area contributed by atoms with Crippen molar-refractivity contribution in [2.75, 3.05) is 6.54 Å². The number of hydrogen-bond acceptors (Lipinski definition) is 4. The van der Waals surface area contributed by atoms with Gasteiger partial charge in [-0.1, -0.05) is 0 Å². The van der Waals surface area contributed by atoms with Crippen LogP contribution in [0.15, 0.2) is 17.6 Å². The molecule has 7 heteroatoms. The van der Waals surface area contributed by atoms with Crippen molar-refractivity contribution < 1.29 is 13.5 Å². The molecule has 0 radical (unpaired) electrons. The van der Waals surface area contributed by atoms with E-state index in [-0.39, 0.29) is 17.5 Å².